The molecule has 8 heteroatoms. The number of aliphatic hydroxyl groups excluding tert-OH is 1. The van der Waals surface area contributed by atoms with E-state index in [0.29, 0.717) is 0 Å². The molecule has 0 fully saturated rings. The Morgan fingerprint density at radius 1 is 1.38 bits per heavy atom. The Bertz CT molecular complexity index is 465. The van der Waals surface area contributed by atoms with Gasteiger partial charge in [-0.2, -0.15) is 0 Å². The molecule has 1 unspecified atom stereocenters. The van der Waals surface area contributed by atoms with Gasteiger partial charge in [0.2, 0.25) is 7.98 Å². The molecule has 0 bridgehead atoms. The van der Waals surface area contributed by atoms with Crippen molar-refractivity contribution in [3.8, 4) is 0 Å². The lowest BCUT2D eigenvalue weighted by molar-refractivity contribution is -0.144. The van der Waals surface area contributed by atoms with E-state index in [0.717, 1.165) is 0 Å². The number of nitrogens with zero attached hydrogens (tertiary/aromatic N) is 2. The van der Waals surface area contributed by atoms with Crippen LogP contribution in [-0.2, 0) is 18.6 Å². The Morgan fingerprint density at radius 3 is 2.54 bits per heavy atom. The van der Waals surface area contributed by atoms with Gasteiger partial charge in [0.25, 0.3) is 8.53 Å². The van der Waals surface area contributed by atoms with Crippen LogP contribution in [0.25, 0.3) is 4.85 Å². The molecule has 0 aromatic rings. The average Bonchev–Trinajstić information content (AvgIpc) is 2.58. The van der Waals surface area contributed by atoms with Crippen molar-refractivity contribution in [2.75, 3.05) is 26.4 Å². The van der Waals surface area contributed by atoms with Crippen LogP contribution >= 0.6 is 8.53 Å². The molecular weight excluding hydrogens is 355 g/mol. The molecule has 0 rings (SSSR count). The first-order valence-corrected chi connectivity index (χ1v) is 9.97. The van der Waals surface area contributed by atoms with Gasteiger partial charge in [-0.05, 0) is 34.6 Å². The van der Waals surface area contributed by atoms with Crippen molar-refractivity contribution in [3.05, 3.63) is 24.1 Å². The van der Waals surface area contributed by atoms with E-state index in [1.54, 1.807) is 0 Å². The monoisotopic (exact) mass is 389 g/mol. The molecule has 0 saturated heterocycles. The number of carbonyl (C=O) groups is 1. The lowest BCUT2D eigenvalue weighted by Crippen LogP contribution is -2.36. The summed E-state index contributed by atoms with van der Waals surface area (Å²) in [5.41, 5.74) is 0. The van der Waals surface area contributed by atoms with E-state index < -0.39 is 20.6 Å². The van der Waals surface area contributed by atoms with Gasteiger partial charge in [-0.15, -0.1) is 0 Å². The van der Waals surface area contributed by atoms with Crippen LogP contribution in [0.3, 0.4) is 0 Å². The van der Waals surface area contributed by atoms with Crippen LogP contribution < -0.4 is 0 Å². The zero-order valence-electron chi connectivity index (χ0n) is 17.5. The van der Waals surface area contributed by atoms with Crippen molar-refractivity contribution >= 4 is 14.5 Å². The van der Waals surface area contributed by atoms with Gasteiger partial charge < -0.3 is 23.7 Å². The van der Waals surface area contributed by atoms with Crippen LogP contribution in [0.15, 0.2) is 12.7 Å². The summed E-state index contributed by atoms with van der Waals surface area (Å²) in [6.07, 6.45) is 1.18. The van der Waals surface area contributed by atoms with Crippen molar-refractivity contribution in [1.29, 1.82) is 1.43 Å². The van der Waals surface area contributed by atoms with Gasteiger partial charge in [-0.3, -0.25) is 4.79 Å². The maximum Gasteiger partial charge on any atom is 0.306 e. The maximum absolute atomic E-state index is 11.9. The van der Waals surface area contributed by atoms with E-state index in [9.17, 15) is 4.79 Å². The Morgan fingerprint density at radius 2 is 2.04 bits per heavy atom. The summed E-state index contributed by atoms with van der Waals surface area (Å²) >= 11 is 0. The van der Waals surface area contributed by atoms with Gasteiger partial charge in [-0.25, -0.2) is 11.2 Å². The largest absolute Gasteiger partial charge is 0.461 e. The maximum atomic E-state index is 11.9. The summed E-state index contributed by atoms with van der Waals surface area (Å²) in [5.74, 6) is -0.745. The predicted octanol–water partition coefficient (Wildman–Crippen LogP) is 3.40. The average molecular weight is 389 g/mol. The van der Waals surface area contributed by atoms with Gasteiger partial charge in [0.15, 0.2) is 0 Å². The van der Waals surface area contributed by atoms with Crippen LogP contribution in [0.4, 0.5) is 0 Å². The number of carbonyl (C=O) groups excluding carboxylic acids is 1. The van der Waals surface area contributed by atoms with Gasteiger partial charge >= 0.3 is 5.97 Å². The number of hydrogen-bond acceptors (Lipinski definition) is 6. The van der Waals surface area contributed by atoms with Gasteiger partial charge in [0, 0.05) is 24.6 Å². The number of hydrogen-bond donors (Lipinski definition) is 1. The van der Waals surface area contributed by atoms with Gasteiger partial charge in [0.1, 0.15) is 13.2 Å². The molecular formula is C18H33N2O5P. The molecule has 1 N–H and O–H groups in total. The van der Waals surface area contributed by atoms with Gasteiger partial charge in [0.05, 0.1) is 12.5 Å². The van der Waals surface area contributed by atoms with E-state index in [1.807, 2.05) is 6.92 Å². The lowest BCUT2D eigenvalue weighted by atomic mass is 10.0. The summed E-state index contributed by atoms with van der Waals surface area (Å²) in [6.45, 7) is 21.2. The lowest BCUT2D eigenvalue weighted by Gasteiger charge is -2.37. The van der Waals surface area contributed by atoms with E-state index in [1.165, 1.54) is 6.08 Å². The van der Waals surface area contributed by atoms with Crippen LogP contribution in [0.2, 0.25) is 0 Å². The van der Waals surface area contributed by atoms with E-state index in [2.05, 4.69) is 48.9 Å². The summed E-state index contributed by atoms with van der Waals surface area (Å²) in [6, 6.07) is 0.361. The van der Waals surface area contributed by atoms with Crippen molar-refractivity contribution < 1.29 is 23.7 Å². The van der Waals surface area contributed by atoms with E-state index in [4.69, 9.17) is 21.8 Å². The third-order valence-corrected chi connectivity index (χ3v) is 5.79. The highest BCUT2D eigenvalue weighted by atomic mass is 31.2. The van der Waals surface area contributed by atoms with Crippen LogP contribution in [0.5, 0.6) is 0 Å². The minimum Gasteiger partial charge on any atom is -0.461 e. The van der Waals surface area contributed by atoms with E-state index in [-0.39, 0.29) is 50.8 Å². The minimum atomic E-state index is -1.43. The summed E-state index contributed by atoms with van der Waals surface area (Å²) < 4.78 is 26.2. The van der Waals surface area contributed by atoms with Crippen LogP contribution in [-0.4, -0.2) is 61.7 Å². The third kappa shape index (κ3) is 9.61. The number of ether oxygens (including phenoxy) is 1. The fourth-order valence-electron chi connectivity index (χ4n) is 2.30. The molecule has 0 aliphatic heterocycles. The molecule has 0 aliphatic carbocycles. The topological polar surface area (TPSA) is 72.6 Å². The molecule has 0 aromatic heterocycles. The molecule has 150 valence electrons. The fourth-order valence-corrected chi connectivity index (χ4v) is 4.05. The number of aliphatic hydroxyl groups is 1. The Hall–Kier alpha value is -1.03. The first kappa shape index (κ1) is 23.0. The van der Waals surface area contributed by atoms with Crippen LogP contribution in [0, 0.1) is 12.5 Å². The molecule has 0 aliphatic rings. The summed E-state index contributed by atoms with van der Waals surface area (Å²) in [5, 5.41) is 4.52. The van der Waals surface area contributed by atoms with Crippen molar-refractivity contribution in [2.45, 2.75) is 59.2 Å². The van der Waals surface area contributed by atoms with Crippen molar-refractivity contribution in [3.63, 3.8) is 0 Å². The normalized spacial score (nSPS) is 15.4. The zero-order chi connectivity index (χ0) is 20.8. The highest BCUT2D eigenvalue weighted by molar-refractivity contribution is 7.44. The molecule has 0 spiro atoms. The van der Waals surface area contributed by atoms with E-state index >= 15 is 0 Å². The SMILES string of the molecule is [2H]OC[C@H](CC(=O)OCC=C)[C@H](C)OP(OCC[N+]#[C-])N(C(C)C)C(C)C. The number of esters is 1. The Kier molecular flexibility index (Phi) is 12.5. The molecule has 7 nitrogen and oxygen atoms in total. The third-order valence-electron chi connectivity index (χ3n) is 3.58. The molecule has 0 amide bonds. The minimum absolute atomic E-state index is 0.0406. The highest BCUT2D eigenvalue weighted by Gasteiger charge is 2.32. The highest BCUT2D eigenvalue weighted by Crippen LogP contribution is 2.47. The molecule has 0 aromatic carbocycles. The fraction of sp³-hybridized carbons (Fsp3) is 0.778. The molecule has 0 saturated carbocycles. The second-order valence-electron chi connectivity index (χ2n) is 6.43. The van der Waals surface area contributed by atoms with Crippen molar-refractivity contribution in [1.82, 2.24) is 4.67 Å². The zero-order valence-corrected chi connectivity index (χ0v) is 17.4. The second kappa shape index (κ2) is 14.1. The molecule has 0 radical (unpaired) electrons. The summed E-state index contributed by atoms with van der Waals surface area (Å²) in [4.78, 5) is 15.2. The molecule has 0 heterocycles. The summed E-state index contributed by atoms with van der Waals surface area (Å²) in [7, 11) is -1.43. The van der Waals surface area contributed by atoms with Crippen molar-refractivity contribution in [2.24, 2.45) is 5.92 Å². The number of rotatable bonds is 15. The first-order valence-electron chi connectivity index (χ1n) is 9.25. The standard InChI is InChI=1S/C18H33N2O5P/c1-8-10-23-18(22)12-17(13-21)16(6)25-26(24-11-9-19-7)20(14(2)3)15(4)5/h8,14-17,21H,1,9-13H2,2-6H3/t16-,17-,26?/m0/s1/i21D. The molecule has 26 heavy (non-hydrogen) atoms. The predicted molar refractivity (Wildman–Crippen MR) is 103 cm³/mol. The molecule has 3 atom stereocenters. The van der Waals surface area contributed by atoms with Crippen LogP contribution in [0.1, 0.15) is 41.0 Å². The van der Waals surface area contributed by atoms with Gasteiger partial charge in [-0.1, -0.05) is 12.7 Å². The Labute approximate surface area is 160 Å². The Balaban J connectivity index is 5.15. The smallest absolute Gasteiger partial charge is 0.306 e. The second-order valence-corrected chi connectivity index (χ2v) is 7.84. The quantitative estimate of drug-likeness (QED) is 0.152. The first-order chi connectivity index (χ1) is 12.8.